The van der Waals surface area contributed by atoms with Crippen molar-refractivity contribution in [2.75, 3.05) is 33.4 Å². The summed E-state index contributed by atoms with van der Waals surface area (Å²) in [6.07, 6.45) is 11.1. The third-order valence-corrected chi connectivity index (χ3v) is 5.53. The first-order valence-corrected chi connectivity index (χ1v) is 8.31. The van der Waals surface area contributed by atoms with Gasteiger partial charge in [-0.3, -0.25) is 4.90 Å². The highest BCUT2D eigenvalue weighted by molar-refractivity contribution is 5.04. The second-order valence-corrected chi connectivity index (χ2v) is 6.90. The molecular weight excluding hydrogens is 236 g/mol. The molecule has 1 saturated heterocycles. The van der Waals surface area contributed by atoms with E-state index in [9.17, 15) is 0 Å². The zero-order valence-corrected chi connectivity index (χ0v) is 12.5. The van der Waals surface area contributed by atoms with Crippen LogP contribution in [0.2, 0.25) is 0 Å². The van der Waals surface area contributed by atoms with Crippen LogP contribution in [0.25, 0.3) is 0 Å². The summed E-state index contributed by atoms with van der Waals surface area (Å²) in [6.45, 7) is 4.76. The van der Waals surface area contributed by atoms with Gasteiger partial charge in [-0.05, 0) is 51.0 Å². The van der Waals surface area contributed by atoms with Crippen LogP contribution >= 0.6 is 0 Å². The third kappa shape index (κ3) is 3.14. The largest absolute Gasteiger partial charge is 0.385 e. The summed E-state index contributed by atoms with van der Waals surface area (Å²) in [5.41, 5.74) is 0.512. The fourth-order valence-corrected chi connectivity index (χ4v) is 4.15. The Balaban J connectivity index is 1.56. The minimum atomic E-state index is 0.512. The maximum absolute atomic E-state index is 5.19. The van der Waals surface area contributed by atoms with E-state index < -0.39 is 0 Å². The molecule has 0 amide bonds. The van der Waals surface area contributed by atoms with Crippen LogP contribution in [0.15, 0.2) is 0 Å². The predicted molar refractivity (Wildman–Crippen MR) is 78.4 cm³/mol. The number of hydrogen-bond acceptors (Lipinski definition) is 3. The second-order valence-electron chi connectivity index (χ2n) is 6.90. The molecule has 1 unspecified atom stereocenters. The summed E-state index contributed by atoms with van der Waals surface area (Å²) in [4.78, 5) is 2.86. The van der Waals surface area contributed by atoms with Crippen molar-refractivity contribution in [3.8, 4) is 0 Å². The molecule has 1 aliphatic heterocycles. The van der Waals surface area contributed by atoms with Gasteiger partial charge in [-0.25, -0.2) is 0 Å². The molecule has 1 N–H and O–H groups in total. The lowest BCUT2D eigenvalue weighted by Crippen LogP contribution is -2.64. The van der Waals surface area contributed by atoms with Crippen LogP contribution in [-0.2, 0) is 4.74 Å². The van der Waals surface area contributed by atoms with Crippen molar-refractivity contribution in [1.82, 2.24) is 10.2 Å². The van der Waals surface area contributed by atoms with Crippen molar-refractivity contribution >= 4 is 0 Å². The molecule has 2 aliphatic carbocycles. The summed E-state index contributed by atoms with van der Waals surface area (Å²) in [7, 11) is 1.81. The molecule has 0 bridgehead atoms. The van der Waals surface area contributed by atoms with Crippen LogP contribution in [-0.4, -0.2) is 49.8 Å². The van der Waals surface area contributed by atoms with Crippen molar-refractivity contribution in [3.05, 3.63) is 0 Å². The topological polar surface area (TPSA) is 24.5 Å². The van der Waals surface area contributed by atoms with Crippen molar-refractivity contribution < 1.29 is 4.74 Å². The van der Waals surface area contributed by atoms with E-state index in [0.717, 1.165) is 18.6 Å². The highest BCUT2D eigenvalue weighted by atomic mass is 16.5. The molecular formula is C16H30N2O. The molecule has 1 heterocycles. The van der Waals surface area contributed by atoms with E-state index >= 15 is 0 Å². The van der Waals surface area contributed by atoms with Crippen LogP contribution in [0.1, 0.15) is 51.4 Å². The van der Waals surface area contributed by atoms with Gasteiger partial charge in [0.2, 0.25) is 0 Å². The molecule has 3 aliphatic rings. The van der Waals surface area contributed by atoms with E-state index in [-0.39, 0.29) is 0 Å². The first-order valence-electron chi connectivity index (χ1n) is 8.31. The minimum absolute atomic E-state index is 0.512. The number of ether oxygens (including phenoxy) is 1. The molecule has 19 heavy (non-hydrogen) atoms. The lowest BCUT2D eigenvalue weighted by atomic mass is 9.89. The summed E-state index contributed by atoms with van der Waals surface area (Å²) in [5.74, 6) is 0.986. The van der Waals surface area contributed by atoms with Gasteiger partial charge in [0.25, 0.3) is 0 Å². The number of hydrogen-bond donors (Lipinski definition) is 1. The molecule has 3 heteroatoms. The monoisotopic (exact) mass is 266 g/mol. The van der Waals surface area contributed by atoms with Crippen molar-refractivity contribution in [1.29, 1.82) is 0 Å². The Labute approximate surface area is 118 Å². The second kappa shape index (κ2) is 6.11. The number of unbranched alkanes of at least 4 members (excludes halogenated alkanes) is 1. The van der Waals surface area contributed by atoms with Crippen LogP contribution in [0, 0.1) is 5.92 Å². The Morgan fingerprint density at radius 2 is 2.00 bits per heavy atom. The molecule has 3 rings (SSSR count). The normalized spacial score (nSPS) is 31.1. The molecule has 3 nitrogen and oxygen atoms in total. The van der Waals surface area contributed by atoms with Gasteiger partial charge in [-0.15, -0.1) is 0 Å². The van der Waals surface area contributed by atoms with Gasteiger partial charge in [-0.2, -0.15) is 0 Å². The lowest BCUT2D eigenvalue weighted by Gasteiger charge is -2.48. The quantitative estimate of drug-likeness (QED) is 0.747. The van der Waals surface area contributed by atoms with Gasteiger partial charge in [-0.1, -0.05) is 12.8 Å². The van der Waals surface area contributed by atoms with Crippen molar-refractivity contribution in [2.45, 2.75) is 62.9 Å². The number of nitrogens with zero attached hydrogens (tertiary/aromatic N) is 1. The molecule has 110 valence electrons. The van der Waals surface area contributed by atoms with E-state index in [1.807, 2.05) is 7.11 Å². The lowest BCUT2D eigenvalue weighted by molar-refractivity contribution is 0.0352. The van der Waals surface area contributed by atoms with Crippen molar-refractivity contribution in [2.24, 2.45) is 5.92 Å². The fraction of sp³-hybridized carbons (Fsp3) is 1.00. The maximum Gasteiger partial charge on any atom is 0.0462 e. The summed E-state index contributed by atoms with van der Waals surface area (Å²) < 4.78 is 5.19. The van der Waals surface area contributed by atoms with Gasteiger partial charge < -0.3 is 10.1 Å². The van der Waals surface area contributed by atoms with Gasteiger partial charge in [0.1, 0.15) is 0 Å². The van der Waals surface area contributed by atoms with Crippen molar-refractivity contribution in [3.63, 3.8) is 0 Å². The van der Waals surface area contributed by atoms with Crippen LogP contribution in [0.5, 0.6) is 0 Å². The summed E-state index contributed by atoms with van der Waals surface area (Å²) in [5, 5.41) is 3.88. The van der Waals surface area contributed by atoms with Crippen LogP contribution in [0.4, 0.5) is 0 Å². The summed E-state index contributed by atoms with van der Waals surface area (Å²) >= 11 is 0. The van der Waals surface area contributed by atoms with Gasteiger partial charge in [0, 0.05) is 38.4 Å². The molecule has 1 spiro atoms. The average molecular weight is 266 g/mol. The van der Waals surface area contributed by atoms with E-state index in [1.54, 1.807) is 0 Å². The fourth-order valence-electron chi connectivity index (χ4n) is 4.15. The number of nitrogens with one attached hydrogen (secondary N) is 1. The zero-order valence-electron chi connectivity index (χ0n) is 12.5. The molecule has 0 aromatic rings. The molecule has 0 aromatic heterocycles. The molecule has 0 radical (unpaired) electrons. The van der Waals surface area contributed by atoms with E-state index in [4.69, 9.17) is 4.74 Å². The van der Waals surface area contributed by atoms with Crippen LogP contribution < -0.4 is 5.32 Å². The van der Waals surface area contributed by atoms with Gasteiger partial charge >= 0.3 is 0 Å². The number of methoxy groups -OCH3 is 1. The molecule has 1 atom stereocenters. The molecule has 3 fully saturated rings. The Morgan fingerprint density at radius 1 is 1.21 bits per heavy atom. The first-order chi connectivity index (χ1) is 9.34. The Bertz CT molecular complexity index is 284. The van der Waals surface area contributed by atoms with Gasteiger partial charge in [0.15, 0.2) is 0 Å². The number of piperazine rings is 1. The van der Waals surface area contributed by atoms with E-state index in [0.29, 0.717) is 5.54 Å². The number of rotatable bonds is 6. The average Bonchev–Trinajstić information content (AvgIpc) is 3.17. The smallest absolute Gasteiger partial charge is 0.0462 e. The Morgan fingerprint density at radius 3 is 2.68 bits per heavy atom. The van der Waals surface area contributed by atoms with Crippen LogP contribution in [0.3, 0.4) is 0 Å². The Hall–Kier alpha value is -0.120. The standard InChI is InChI=1S/C16H30N2O/c1-19-11-5-4-10-18-12-15(14-6-7-14)17-13-16(18)8-2-3-9-16/h14-15,17H,2-13H2,1H3. The van der Waals surface area contributed by atoms with E-state index in [2.05, 4.69) is 10.2 Å². The maximum atomic E-state index is 5.19. The van der Waals surface area contributed by atoms with Gasteiger partial charge in [0.05, 0.1) is 0 Å². The Kier molecular flexibility index (Phi) is 4.45. The first kappa shape index (κ1) is 13.8. The SMILES string of the molecule is COCCCCN1CC(C2CC2)NCC12CCCC2. The molecule has 0 aromatic carbocycles. The van der Waals surface area contributed by atoms with E-state index in [1.165, 1.54) is 71.0 Å². The predicted octanol–water partition coefficient (Wildman–Crippen LogP) is 2.41. The minimum Gasteiger partial charge on any atom is -0.385 e. The zero-order chi connectivity index (χ0) is 13.1. The highest BCUT2D eigenvalue weighted by Gasteiger charge is 2.45. The molecule has 2 saturated carbocycles. The summed E-state index contributed by atoms with van der Waals surface area (Å²) in [6, 6.07) is 0.786. The highest BCUT2D eigenvalue weighted by Crippen LogP contribution is 2.41. The third-order valence-electron chi connectivity index (χ3n) is 5.53.